The molecule has 0 aliphatic heterocycles. The van der Waals surface area contributed by atoms with Crippen molar-refractivity contribution < 1.29 is 13.2 Å². The number of anilines is 1. The molecule has 156 valence electrons. The second kappa shape index (κ2) is 8.45. The molecule has 0 atom stereocenters. The summed E-state index contributed by atoms with van der Waals surface area (Å²) in [5.41, 5.74) is 4.14. The largest absolute Gasteiger partial charge is 0.322 e. The second-order valence-corrected chi connectivity index (χ2v) is 10.2. The molecule has 4 aromatic rings. The number of carbonyl (C=O) groups excluding carboxylic acids is 1. The van der Waals surface area contributed by atoms with Gasteiger partial charge in [-0.15, -0.1) is 11.3 Å². The van der Waals surface area contributed by atoms with Gasteiger partial charge in [0.15, 0.2) is 9.84 Å². The molecule has 4 rings (SSSR count). The fourth-order valence-corrected chi connectivity index (χ4v) is 4.53. The Morgan fingerprint density at radius 3 is 2.35 bits per heavy atom. The fourth-order valence-electron chi connectivity index (χ4n) is 3.26. The number of nitrogens with one attached hydrogen (secondary N) is 1. The molecular weight excluding hydrogens is 428 g/mol. The van der Waals surface area contributed by atoms with Crippen molar-refractivity contribution in [3.8, 4) is 22.4 Å². The lowest BCUT2D eigenvalue weighted by Crippen LogP contribution is -2.14. The summed E-state index contributed by atoms with van der Waals surface area (Å²) in [5.74, 6) is -0.314. The summed E-state index contributed by atoms with van der Waals surface area (Å²) in [7, 11) is -3.41. The first-order chi connectivity index (χ1) is 14.8. The van der Waals surface area contributed by atoms with Crippen LogP contribution in [0.4, 0.5) is 5.69 Å². The van der Waals surface area contributed by atoms with Gasteiger partial charge in [-0.05, 0) is 48.4 Å². The number of aromatic nitrogens is 1. The molecule has 1 heterocycles. The van der Waals surface area contributed by atoms with Gasteiger partial charge >= 0.3 is 0 Å². The van der Waals surface area contributed by atoms with Crippen LogP contribution in [0.2, 0.25) is 0 Å². The van der Waals surface area contributed by atoms with Gasteiger partial charge in [-0.1, -0.05) is 42.5 Å². The van der Waals surface area contributed by atoms with Crippen molar-refractivity contribution >= 4 is 32.8 Å². The average Bonchev–Trinajstić information content (AvgIpc) is 3.20. The highest BCUT2D eigenvalue weighted by Crippen LogP contribution is 2.29. The molecule has 5 nitrogen and oxygen atoms in total. The van der Waals surface area contributed by atoms with Gasteiger partial charge in [0.2, 0.25) is 0 Å². The van der Waals surface area contributed by atoms with Crippen LogP contribution in [-0.2, 0) is 9.84 Å². The quantitative estimate of drug-likeness (QED) is 0.441. The Morgan fingerprint density at radius 2 is 1.68 bits per heavy atom. The van der Waals surface area contributed by atoms with E-state index in [1.807, 2.05) is 66.9 Å². The highest BCUT2D eigenvalue weighted by molar-refractivity contribution is 7.90. The van der Waals surface area contributed by atoms with E-state index in [1.54, 1.807) is 23.5 Å². The van der Waals surface area contributed by atoms with Crippen LogP contribution in [0.3, 0.4) is 0 Å². The number of rotatable bonds is 5. The minimum Gasteiger partial charge on any atom is -0.322 e. The zero-order valence-corrected chi connectivity index (χ0v) is 18.6. The number of hydrogen-bond donors (Lipinski definition) is 1. The van der Waals surface area contributed by atoms with E-state index in [1.165, 1.54) is 6.07 Å². The van der Waals surface area contributed by atoms with Crippen LogP contribution in [0.15, 0.2) is 83.1 Å². The van der Waals surface area contributed by atoms with Crippen molar-refractivity contribution in [3.05, 3.63) is 88.7 Å². The molecule has 0 fully saturated rings. The number of amides is 1. The van der Waals surface area contributed by atoms with Gasteiger partial charge in [0.05, 0.1) is 15.6 Å². The first-order valence-electron chi connectivity index (χ1n) is 9.55. The molecule has 1 amide bonds. The Balaban J connectivity index is 1.70. The van der Waals surface area contributed by atoms with Crippen molar-refractivity contribution in [2.45, 2.75) is 11.8 Å². The molecular formula is C24H20N2O3S2. The predicted molar refractivity (Wildman–Crippen MR) is 125 cm³/mol. The van der Waals surface area contributed by atoms with Gasteiger partial charge < -0.3 is 5.32 Å². The number of benzene rings is 3. The molecule has 0 saturated heterocycles. The van der Waals surface area contributed by atoms with Crippen LogP contribution >= 0.6 is 11.3 Å². The first kappa shape index (κ1) is 21.0. The monoisotopic (exact) mass is 448 g/mol. The Kier molecular flexibility index (Phi) is 5.71. The normalized spacial score (nSPS) is 11.3. The molecule has 31 heavy (non-hydrogen) atoms. The highest BCUT2D eigenvalue weighted by atomic mass is 32.2. The Labute approximate surface area is 185 Å². The van der Waals surface area contributed by atoms with Crippen molar-refractivity contribution in [1.29, 1.82) is 0 Å². The Morgan fingerprint density at radius 1 is 0.935 bits per heavy atom. The molecule has 3 aromatic carbocycles. The fraction of sp³-hybridized carbons (Fsp3) is 0.0833. The zero-order chi connectivity index (χ0) is 22.0. The lowest BCUT2D eigenvalue weighted by molar-refractivity contribution is 0.102. The predicted octanol–water partition coefficient (Wildman–Crippen LogP) is 5.44. The van der Waals surface area contributed by atoms with Crippen molar-refractivity contribution in [2.24, 2.45) is 0 Å². The standard InChI is InChI=1S/C24H20N2O3S2/c1-16-25-23(15-30-16)18-9-6-10-19(13-18)26-24(27)21-12-11-20(31(2,28)29)14-22(21)17-7-4-3-5-8-17/h3-15H,1-2H3,(H,26,27). The number of carbonyl (C=O) groups is 1. The van der Waals surface area contributed by atoms with E-state index in [2.05, 4.69) is 10.3 Å². The van der Waals surface area contributed by atoms with Gasteiger partial charge in [-0.2, -0.15) is 0 Å². The minimum atomic E-state index is -3.41. The molecule has 0 unspecified atom stereocenters. The maximum absolute atomic E-state index is 13.1. The molecule has 0 aliphatic carbocycles. The molecule has 1 N–H and O–H groups in total. The van der Waals surface area contributed by atoms with Crippen LogP contribution in [0.25, 0.3) is 22.4 Å². The van der Waals surface area contributed by atoms with Crippen molar-refractivity contribution in [2.75, 3.05) is 11.6 Å². The van der Waals surface area contributed by atoms with Gasteiger partial charge in [-0.25, -0.2) is 13.4 Å². The summed E-state index contributed by atoms with van der Waals surface area (Å²) in [5, 5.41) is 5.89. The summed E-state index contributed by atoms with van der Waals surface area (Å²) in [4.78, 5) is 17.8. The van der Waals surface area contributed by atoms with E-state index in [4.69, 9.17) is 0 Å². The number of nitrogens with zero attached hydrogens (tertiary/aromatic N) is 1. The van der Waals surface area contributed by atoms with Crippen molar-refractivity contribution in [1.82, 2.24) is 4.98 Å². The number of hydrogen-bond acceptors (Lipinski definition) is 5. The van der Waals surface area contributed by atoms with E-state index < -0.39 is 9.84 Å². The van der Waals surface area contributed by atoms with Crippen LogP contribution < -0.4 is 5.32 Å². The second-order valence-electron chi connectivity index (χ2n) is 7.13. The molecule has 7 heteroatoms. The van der Waals surface area contributed by atoms with Gasteiger partial charge in [0.25, 0.3) is 5.91 Å². The Bertz CT molecular complexity index is 1360. The molecule has 1 aromatic heterocycles. The number of aryl methyl sites for hydroxylation is 1. The molecule has 0 bridgehead atoms. The molecule has 0 spiro atoms. The maximum atomic E-state index is 13.1. The van der Waals surface area contributed by atoms with Crippen molar-refractivity contribution in [3.63, 3.8) is 0 Å². The van der Waals surface area contributed by atoms with Gasteiger partial charge in [0, 0.05) is 28.5 Å². The van der Waals surface area contributed by atoms with E-state index in [0.29, 0.717) is 16.8 Å². The van der Waals surface area contributed by atoms with Gasteiger partial charge in [0.1, 0.15) is 0 Å². The third-order valence-corrected chi connectivity index (χ3v) is 6.67. The lowest BCUT2D eigenvalue weighted by Gasteiger charge is -2.13. The van der Waals surface area contributed by atoms with E-state index >= 15 is 0 Å². The average molecular weight is 449 g/mol. The smallest absolute Gasteiger partial charge is 0.256 e. The summed E-state index contributed by atoms with van der Waals surface area (Å²) in [6, 6.07) is 21.3. The summed E-state index contributed by atoms with van der Waals surface area (Å²) in [6.07, 6.45) is 1.16. The van der Waals surface area contributed by atoms with E-state index in [-0.39, 0.29) is 10.8 Å². The first-order valence-corrected chi connectivity index (χ1v) is 12.3. The Hall–Kier alpha value is -3.29. The van der Waals surface area contributed by atoms with Crippen LogP contribution in [0, 0.1) is 6.92 Å². The van der Waals surface area contributed by atoms with E-state index in [9.17, 15) is 13.2 Å². The highest BCUT2D eigenvalue weighted by Gasteiger charge is 2.17. The van der Waals surface area contributed by atoms with Gasteiger partial charge in [-0.3, -0.25) is 4.79 Å². The van der Waals surface area contributed by atoms with Crippen LogP contribution in [0.1, 0.15) is 15.4 Å². The van der Waals surface area contributed by atoms with Crippen LogP contribution in [0.5, 0.6) is 0 Å². The summed E-state index contributed by atoms with van der Waals surface area (Å²) < 4.78 is 24.1. The minimum absolute atomic E-state index is 0.170. The summed E-state index contributed by atoms with van der Waals surface area (Å²) in [6.45, 7) is 1.95. The molecule has 0 radical (unpaired) electrons. The zero-order valence-electron chi connectivity index (χ0n) is 17.0. The maximum Gasteiger partial charge on any atom is 0.256 e. The molecule has 0 aliphatic rings. The van der Waals surface area contributed by atoms with E-state index in [0.717, 1.165) is 28.1 Å². The third kappa shape index (κ3) is 4.73. The summed E-state index contributed by atoms with van der Waals surface area (Å²) >= 11 is 1.57. The van der Waals surface area contributed by atoms with Crippen LogP contribution in [-0.4, -0.2) is 25.6 Å². The number of thiazole rings is 1. The number of sulfone groups is 1. The third-order valence-electron chi connectivity index (χ3n) is 4.78. The molecule has 0 saturated carbocycles. The SMILES string of the molecule is Cc1nc(-c2cccc(NC(=O)c3ccc(S(C)(=O)=O)cc3-c3ccccc3)c2)cs1. The lowest BCUT2D eigenvalue weighted by atomic mass is 9.99. The topological polar surface area (TPSA) is 76.1 Å².